The van der Waals surface area contributed by atoms with Crippen molar-refractivity contribution in [2.45, 2.75) is 25.3 Å². The molecule has 0 fully saturated rings. The molecule has 4 rings (SSSR count). The molecule has 0 radical (unpaired) electrons. The van der Waals surface area contributed by atoms with Crippen LogP contribution >= 0.6 is 0 Å². The molecule has 1 amide bonds. The predicted octanol–water partition coefficient (Wildman–Crippen LogP) is 5.27. The minimum atomic E-state index is -0.0680. The number of amides is 1. The number of rotatable bonds is 7. The largest absolute Gasteiger partial charge is 0.350 e. The third-order valence-corrected chi connectivity index (χ3v) is 5.37. The molecule has 1 N–H and O–H groups in total. The van der Waals surface area contributed by atoms with Crippen molar-refractivity contribution in [1.29, 1.82) is 0 Å². The number of aromatic nitrogens is 2. The Hall–Kier alpha value is -3.66. The first-order valence-electron chi connectivity index (χ1n) is 10.2. The summed E-state index contributed by atoms with van der Waals surface area (Å²) in [6.07, 6.45) is 5.85. The van der Waals surface area contributed by atoms with Crippen molar-refractivity contribution < 1.29 is 4.79 Å². The van der Waals surface area contributed by atoms with Crippen LogP contribution in [0, 0.1) is 0 Å². The van der Waals surface area contributed by atoms with E-state index in [1.807, 2.05) is 78.4 Å². The molecule has 0 aliphatic rings. The van der Waals surface area contributed by atoms with Crippen molar-refractivity contribution in [3.05, 3.63) is 120 Å². The Kier molecular flexibility index (Phi) is 6.04. The monoisotopic (exact) mass is 395 g/mol. The summed E-state index contributed by atoms with van der Waals surface area (Å²) < 4.78 is 1.96. The molecule has 0 bridgehead atoms. The van der Waals surface area contributed by atoms with Crippen LogP contribution in [-0.2, 0) is 4.79 Å². The lowest BCUT2D eigenvalue weighted by atomic mass is 9.88. The molecule has 0 aliphatic heterocycles. The first-order chi connectivity index (χ1) is 14.7. The Bertz CT molecular complexity index is 1020. The van der Waals surface area contributed by atoms with Gasteiger partial charge in [-0.25, -0.2) is 4.98 Å². The van der Waals surface area contributed by atoms with Gasteiger partial charge in [-0.05, 0) is 35.7 Å². The quantitative estimate of drug-likeness (QED) is 0.463. The first kappa shape index (κ1) is 19.6. The zero-order valence-electron chi connectivity index (χ0n) is 17.0. The molecular weight excluding hydrogens is 370 g/mol. The summed E-state index contributed by atoms with van der Waals surface area (Å²) in [5.41, 5.74) is 4.42. The van der Waals surface area contributed by atoms with E-state index in [-0.39, 0.29) is 17.9 Å². The fourth-order valence-electron chi connectivity index (χ4n) is 3.71. The van der Waals surface area contributed by atoms with E-state index in [0.29, 0.717) is 6.42 Å². The molecule has 0 aliphatic carbocycles. The summed E-state index contributed by atoms with van der Waals surface area (Å²) in [5.74, 6) is 0.0714. The Morgan fingerprint density at radius 2 is 1.47 bits per heavy atom. The van der Waals surface area contributed by atoms with Crippen LogP contribution in [0.25, 0.3) is 5.69 Å². The number of hydrogen-bond donors (Lipinski definition) is 1. The van der Waals surface area contributed by atoms with E-state index in [4.69, 9.17) is 0 Å². The van der Waals surface area contributed by atoms with Crippen molar-refractivity contribution in [2.24, 2.45) is 0 Å². The lowest BCUT2D eigenvalue weighted by Gasteiger charge is -2.20. The number of hydrogen-bond acceptors (Lipinski definition) is 2. The van der Waals surface area contributed by atoms with E-state index in [1.165, 1.54) is 0 Å². The highest BCUT2D eigenvalue weighted by Gasteiger charge is 2.19. The Morgan fingerprint density at radius 1 is 0.867 bits per heavy atom. The highest BCUT2D eigenvalue weighted by Crippen LogP contribution is 2.28. The van der Waals surface area contributed by atoms with E-state index in [1.54, 1.807) is 12.5 Å². The number of nitrogens with one attached hydrogen (secondary N) is 1. The average Bonchev–Trinajstić information content (AvgIpc) is 3.34. The second kappa shape index (κ2) is 9.23. The summed E-state index contributed by atoms with van der Waals surface area (Å²) in [7, 11) is 0. The van der Waals surface area contributed by atoms with Gasteiger partial charge in [-0.3, -0.25) is 4.79 Å². The van der Waals surface area contributed by atoms with E-state index in [9.17, 15) is 4.79 Å². The van der Waals surface area contributed by atoms with Gasteiger partial charge in [0.15, 0.2) is 0 Å². The van der Waals surface area contributed by atoms with Gasteiger partial charge in [0.1, 0.15) is 0 Å². The number of benzene rings is 3. The third-order valence-electron chi connectivity index (χ3n) is 5.37. The van der Waals surface area contributed by atoms with Gasteiger partial charge in [0.05, 0.1) is 12.4 Å². The molecule has 4 nitrogen and oxygen atoms in total. The second-order valence-corrected chi connectivity index (χ2v) is 7.43. The van der Waals surface area contributed by atoms with Gasteiger partial charge in [-0.15, -0.1) is 0 Å². The summed E-state index contributed by atoms with van der Waals surface area (Å²) in [6, 6.07) is 28.5. The minimum Gasteiger partial charge on any atom is -0.350 e. The Labute approximate surface area is 177 Å². The fraction of sp³-hybridized carbons (Fsp3) is 0.154. The Morgan fingerprint density at radius 3 is 2.00 bits per heavy atom. The minimum absolute atomic E-state index is 0.0308. The van der Waals surface area contributed by atoms with Crippen molar-refractivity contribution in [3.63, 3.8) is 0 Å². The summed E-state index contributed by atoms with van der Waals surface area (Å²) >= 11 is 0. The van der Waals surface area contributed by atoms with Crippen LogP contribution in [0.3, 0.4) is 0 Å². The van der Waals surface area contributed by atoms with Crippen molar-refractivity contribution >= 4 is 5.91 Å². The van der Waals surface area contributed by atoms with Crippen LogP contribution < -0.4 is 5.32 Å². The third kappa shape index (κ3) is 4.66. The van der Waals surface area contributed by atoms with Crippen LogP contribution in [-0.4, -0.2) is 15.5 Å². The number of nitrogens with zero attached hydrogens (tertiary/aromatic N) is 2. The molecule has 0 saturated heterocycles. The molecule has 0 spiro atoms. The molecule has 0 saturated carbocycles. The zero-order valence-corrected chi connectivity index (χ0v) is 17.0. The van der Waals surface area contributed by atoms with E-state index in [0.717, 1.165) is 22.4 Å². The molecule has 3 aromatic carbocycles. The van der Waals surface area contributed by atoms with E-state index >= 15 is 0 Å². The van der Waals surface area contributed by atoms with Gasteiger partial charge in [0, 0.05) is 30.4 Å². The zero-order chi connectivity index (χ0) is 20.8. The van der Waals surface area contributed by atoms with Crippen LogP contribution in [0.4, 0.5) is 0 Å². The SMILES string of the molecule is C[C@H](NC(=O)CC(c1ccccc1)c1ccccc1)c1ccc(-n2ccnc2)cc1. The standard InChI is InChI=1S/C26H25N3O/c1-20(21-12-14-24(15-13-21)29-17-16-27-19-29)28-26(30)18-25(22-8-4-2-5-9-22)23-10-6-3-7-11-23/h2-17,19-20,25H,18H2,1H3,(H,28,30)/t20-/m0/s1. The normalized spacial score (nSPS) is 11.9. The van der Waals surface area contributed by atoms with Crippen LogP contribution in [0.5, 0.6) is 0 Å². The van der Waals surface area contributed by atoms with Crippen molar-refractivity contribution in [2.75, 3.05) is 0 Å². The topological polar surface area (TPSA) is 46.9 Å². The number of carbonyl (C=O) groups excluding carboxylic acids is 1. The van der Waals surface area contributed by atoms with Crippen LogP contribution in [0.1, 0.15) is 42.0 Å². The predicted molar refractivity (Wildman–Crippen MR) is 119 cm³/mol. The highest BCUT2D eigenvalue weighted by atomic mass is 16.1. The summed E-state index contributed by atoms with van der Waals surface area (Å²) in [4.78, 5) is 17.0. The van der Waals surface area contributed by atoms with Gasteiger partial charge in [0.2, 0.25) is 5.91 Å². The summed E-state index contributed by atoms with van der Waals surface area (Å²) in [5, 5.41) is 3.16. The number of carbonyl (C=O) groups is 1. The number of imidazole rings is 1. The highest BCUT2D eigenvalue weighted by molar-refractivity contribution is 5.78. The molecule has 4 aromatic rings. The maximum Gasteiger partial charge on any atom is 0.221 e. The van der Waals surface area contributed by atoms with Crippen molar-refractivity contribution in [1.82, 2.24) is 14.9 Å². The maximum atomic E-state index is 12.9. The smallest absolute Gasteiger partial charge is 0.221 e. The average molecular weight is 396 g/mol. The van der Waals surface area contributed by atoms with Gasteiger partial charge >= 0.3 is 0 Å². The molecule has 1 atom stereocenters. The van der Waals surface area contributed by atoms with E-state index < -0.39 is 0 Å². The molecule has 1 heterocycles. The van der Waals surface area contributed by atoms with Gasteiger partial charge in [0.25, 0.3) is 0 Å². The molecule has 30 heavy (non-hydrogen) atoms. The van der Waals surface area contributed by atoms with Gasteiger partial charge < -0.3 is 9.88 Å². The van der Waals surface area contributed by atoms with Gasteiger partial charge in [-0.1, -0.05) is 72.8 Å². The first-order valence-corrected chi connectivity index (χ1v) is 10.2. The molecule has 0 unspecified atom stereocenters. The Balaban J connectivity index is 1.45. The maximum absolute atomic E-state index is 12.9. The van der Waals surface area contributed by atoms with E-state index in [2.05, 4.69) is 34.6 Å². The molecule has 1 aromatic heterocycles. The van der Waals surface area contributed by atoms with Gasteiger partial charge in [-0.2, -0.15) is 0 Å². The lowest BCUT2D eigenvalue weighted by molar-refractivity contribution is -0.121. The summed E-state index contributed by atoms with van der Waals surface area (Å²) in [6.45, 7) is 2.02. The lowest BCUT2D eigenvalue weighted by Crippen LogP contribution is -2.28. The molecular formula is C26H25N3O. The van der Waals surface area contributed by atoms with Crippen LogP contribution in [0.2, 0.25) is 0 Å². The second-order valence-electron chi connectivity index (χ2n) is 7.43. The molecule has 4 heteroatoms. The molecule has 150 valence electrons. The van der Waals surface area contributed by atoms with Crippen molar-refractivity contribution in [3.8, 4) is 5.69 Å². The fourth-order valence-corrected chi connectivity index (χ4v) is 3.71. The van der Waals surface area contributed by atoms with Crippen LogP contribution in [0.15, 0.2) is 104 Å².